The van der Waals surface area contributed by atoms with Gasteiger partial charge >= 0.3 is 0 Å². The summed E-state index contributed by atoms with van der Waals surface area (Å²) in [6, 6.07) is 11.6. The average Bonchev–Trinajstić information content (AvgIpc) is 3.07. The van der Waals surface area contributed by atoms with Gasteiger partial charge in [-0.25, -0.2) is 9.97 Å². The summed E-state index contributed by atoms with van der Waals surface area (Å²) in [6.45, 7) is 0. The second-order valence-corrected chi connectivity index (χ2v) is 6.38. The van der Waals surface area contributed by atoms with Gasteiger partial charge in [0.2, 0.25) is 11.0 Å². The zero-order valence-corrected chi connectivity index (χ0v) is 14.4. The molecule has 0 amide bonds. The van der Waals surface area contributed by atoms with Crippen LogP contribution in [0.4, 0.5) is 0 Å². The van der Waals surface area contributed by atoms with Crippen molar-refractivity contribution in [3.05, 3.63) is 65.3 Å². The summed E-state index contributed by atoms with van der Waals surface area (Å²) in [4.78, 5) is 17.7. The molecule has 0 spiro atoms. The average molecular weight is 361 g/mol. The van der Waals surface area contributed by atoms with Crippen molar-refractivity contribution in [1.29, 1.82) is 0 Å². The van der Waals surface area contributed by atoms with Gasteiger partial charge < -0.3 is 4.42 Å². The second kappa shape index (κ2) is 6.04. The summed E-state index contributed by atoms with van der Waals surface area (Å²) in [5.41, 5.74) is 3.48. The van der Waals surface area contributed by atoms with Gasteiger partial charge in [-0.1, -0.05) is 36.4 Å². The molecule has 26 heavy (non-hydrogen) atoms. The highest BCUT2D eigenvalue weighted by atomic mass is 35.5. The van der Waals surface area contributed by atoms with Crippen LogP contribution in [0, 0.1) is 0 Å². The molecule has 5 rings (SSSR count). The fraction of sp³-hybridized carbons (Fsp3) is 0.100. The molecule has 4 aromatic rings. The molecule has 0 N–H and O–H groups in total. The third kappa shape index (κ3) is 2.48. The van der Waals surface area contributed by atoms with E-state index in [-0.39, 0.29) is 5.28 Å². The predicted octanol–water partition coefficient (Wildman–Crippen LogP) is 4.96. The lowest BCUT2D eigenvalue weighted by Gasteiger charge is -2.07. The van der Waals surface area contributed by atoms with E-state index in [2.05, 4.69) is 26.0 Å². The molecule has 0 unspecified atom stereocenters. The summed E-state index contributed by atoms with van der Waals surface area (Å²) in [7, 11) is 0. The third-order valence-electron chi connectivity index (χ3n) is 4.43. The number of pyridine rings is 1. The fourth-order valence-electron chi connectivity index (χ4n) is 3.27. The normalized spacial score (nSPS) is 13.1. The Morgan fingerprint density at radius 1 is 0.962 bits per heavy atom. The van der Waals surface area contributed by atoms with Gasteiger partial charge in [0.1, 0.15) is 5.76 Å². The molecular weight excluding hydrogens is 348 g/mol. The van der Waals surface area contributed by atoms with Crippen LogP contribution in [0.2, 0.25) is 5.28 Å². The van der Waals surface area contributed by atoms with Crippen molar-refractivity contribution in [1.82, 2.24) is 19.9 Å². The summed E-state index contributed by atoms with van der Waals surface area (Å²) >= 11 is 6.21. The highest BCUT2D eigenvalue weighted by Gasteiger charge is 2.21. The number of hydrogen-bond donors (Lipinski definition) is 0. The zero-order chi connectivity index (χ0) is 17.5. The number of nitrogens with zero attached hydrogens (tertiary/aromatic N) is 4. The Labute approximate surface area is 154 Å². The van der Waals surface area contributed by atoms with E-state index in [4.69, 9.17) is 16.0 Å². The van der Waals surface area contributed by atoms with Crippen LogP contribution in [-0.2, 0) is 6.42 Å². The number of aryl methyl sites for hydroxylation is 1. The molecule has 5 nitrogen and oxygen atoms in total. The van der Waals surface area contributed by atoms with Crippen LogP contribution in [0.5, 0.6) is 0 Å². The third-order valence-corrected chi connectivity index (χ3v) is 4.60. The topological polar surface area (TPSA) is 64.7 Å². The van der Waals surface area contributed by atoms with Crippen LogP contribution in [0.1, 0.15) is 17.7 Å². The molecule has 3 aromatic heterocycles. The van der Waals surface area contributed by atoms with Crippen LogP contribution in [0.25, 0.3) is 40.0 Å². The van der Waals surface area contributed by atoms with Crippen molar-refractivity contribution < 1.29 is 4.42 Å². The molecular formula is C20H13ClN4O. The Morgan fingerprint density at radius 3 is 2.69 bits per heavy atom. The first-order valence-corrected chi connectivity index (χ1v) is 8.72. The first-order chi connectivity index (χ1) is 12.8. The van der Waals surface area contributed by atoms with Crippen molar-refractivity contribution in [2.24, 2.45) is 0 Å². The number of hydrogen-bond acceptors (Lipinski definition) is 5. The van der Waals surface area contributed by atoms with Gasteiger partial charge in [-0.15, -0.1) is 0 Å². The molecule has 0 saturated heterocycles. The van der Waals surface area contributed by atoms with E-state index >= 15 is 0 Å². The van der Waals surface area contributed by atoms with Gasteiger partial charge in [-0.3, -0.25) is 0 Å². The number of halogens is 1. The van der Waals surface area contributed by atoms with E-state index in [1.165, 1.54) is 0 Å². The van der Waals surface area contributed by atoms with E-state index < -0.39 is 0 Å². The molecule has 3 heterocycles. The van der Waals surface area contributed by atoms with E-state index in [1.807, 2.05) is 42.5 Å². The Hall–Kier alpha value is -3.05. The molecule has 0 saturated carbocycles. The second-order valence-electron chi connectivity index (χ2n) is 6.04. The van der Waals surface area contributed by atoms with Gasteiger partial charge in [-0.2, -0.15) is 9.97 Å². The number of aromatic nitrogens is 4. The number of furan rings is 1. The maximum Gasteiger partial charge on any atom is 0.227 e. The van der Waals surface area contributed by atoms with E-state index in [1.54, 1.807) is 6.20 Å². The minimum Gasteiger partial charge on any atom is -0.438 e. The minimum atomic E-state index is 0.163. The molecule has 126 valence electrons. The van der Waals surface area contributed by atoms with Crippen molar-refractivity contribution in [2.75, 3.05) is 0 Å². The van der Waals surface area contributed by atoms with Crippen molar-refractivity contribution in [3.8, 4) is 22.8 Å². The summed E-state index contributed by atoms with van der Waals surface area (Å²) < 4.78 is 5.90. The first-order valence-electron chi connectivity index (χ1n) is 8.34. The Balaban J connectivity index is 1.75. The van der Waals surface area contributed by atoms with Crippen LogP contribution in [0.15, 0.2) is 53.1 Å². The van der Waals surface area contributed by atoms with E-state index in [0.717, 1.165) is 40.7 Å². The zero-order valence-electron chi connectivity index (χ0n) is 13.7. The molecule has 0 bridgehead atoms. The van der Waals surface area contributed by atoms with Gasteiger partial charge in [-0.05, 0) is 36.6 Å². The lowest BCUT2D eigenvalue weighted by atomic mass is 9.99. The smallest absolute Gasteiger partial charge is 0.227 e. The predicted molar refractivity (Wildman–Crippen MR) is 101 cm³/mol. The molecule has 0 aliphatic heterocycles. The number of rotatable bonds is 2. The Bertz CT molecular complexity index is 1150. The highest BCUT2D eigenvalue weighted by Crippen LogP contribution is 2.36. The lowest BCUT2D eigenvalue weighted by Crippen LogP contribution is -1.99. The largest absolute Gasteiger partial charge is 0.438 e. The van der Waals surface area contributed by atoms with E-state index in [0.29, 0.717) is 17.4 Å². The number of allylic oxidation sites excluding steroid dienone is 1. The monoisotopic (exact) mass is 360 g/mol. The van der Waals surface area contributed by atoms with Gasteiger partial charge in [0.15, 0.2) is 11.6 Å². The fourth-order valence-corrected chi connectivity index (χ4v) is 3.43. The summed E-state index contributed by atoms with van der Waals surface area (Å²) in [6.07, 6.45) is 7.69. The van der Waals surface area contributed by atoms with Crippen LogP contribution in [0.3, 0.4) is 0 Å². The molecule has 6 heteroatoms. The van der Waals surface area contributed by atoms with E-state index in [9.17, 15) is 0 Å². The maximum atomic E-state index is 6.21. The molecule has 0 fully saturated rings. The molecule has 0 atom stereocenters. The Morgan fingerprint density at radius 2 is 1.81 bits per heavy atom. The van der Waals surface area contributed by atoms with Crippen molar-refractivity contribution in [2.45, 2.75) is 12.8 Å². The highest BCUT2D eigenvalue weighted by molar-refractivity contribution is 6.28. The van der Waals surface area contributed by atoms with Gasteiger partial charge in [0, 0.05) is 22.9 Å². The SMILES string of the molecule is Clc1nc(-c2ccccc2)nc(-c2ccnc3oc4c(c23)CCC=C4)n1. The van der Waals surface area contributed by atoms with Crippen molar-refractivity contribution in [3.63, 3.8) is 0 Å². The Kier molecular flexibility index (Phi) is 3.53. The van der Waals surface area contributed by atoms with Crippen molar-refractivity contribution >= 4 is 28.8 Å². The molecule has 1 aliphatic rings. The van der Waals surface area contributed by atoms with Crippen LogP contribution >= 0.6 is 11.6 Å². The molecule has 1 aliphatic carbocycles. The summed E-state index contributed by atoms with van der Waals surface area (Å²) in [5.74, 6) is 1.92. The maximum absolute atomic E-state index is 6.21. The van der Waals surface area contributed by atoms with Crippen LogP contribution in [-0.4, -0.2) is 19.9 Å². The minimum absolute atomic E-state index is 0.163. The van der Waals surface area contributed by atoms with Crippen LogP contribution < -0.4 is 0 Å². The lowest BCUT2D eigenvalue weighted by molar-refractivity contribution is 0.584. The number of benzene rings is 1. The quantitative estimate of drug-likeness (QED) is 0.505. The van der Waals surface area contributed by atoms with Gasteiger partial charge in [0.25, 0.3) is 0 Å². The first kappa shape index (κ1) is 15.2. The van der Waals surface area contributed by atoms with Gasteiger partial charge in [0.05, 0.1) is 5.39 Å². The number of fused-ring (bicyclic) bond motifs is 3. The standard InChI is InChI=1S/C20H13ClN4O/c21-20-24-17(12-6-2-1-3-7-12)23-18(25-20)14-10-11-22-19-16(14)13-8-4-5-9-15(13)26-19/h1-3,5-7,9-11H,4,8H2. The summed E-state index contributed by atoms with van der Waals surface area (Å²) in [5, 5.41) is 1.12. The molecule has 1 aromatic carbocycles. The molecule has 0 radical (unpaired) electrons.